The molecule has 0 radical (unpaired) electrons. The molecule has 0 unspecified atom stereocenters. The molecule has 0 saturated heterocycles. The molecule has 0 fully saturated rings. The third-order valence-electron chi connectivity index (χ3n) is 4.84. The fourth-order valence-corrected chi connectivity index (χ4v) is 3.95. The molecular weight excluding hydrogens is 410 g/mol. The highest BCUT2D eigenvalue weighted by atomic mass is 32.2. The molecule has 156 valence electrons. The Morgan fingerprint density at radius 2 is 1.94 bits per heavy atom. The number of para-hydroxylation sites is 1. The minimum Gasteiger partial charge on any atom is -0.447 e. The number of aromatic nitrogens is 3. The maximum Gasteiger partial charge on any atom is 0.247 e. The van der Waals surface area contributed by atoms with E-state index < -0.39 is 6.23 Å². The quantitative estimate of drug-likeness (QED) is 0.538. The lowest BCUT2D eigenvalue weighted by Crippen LogP contribution is -2.37. The van der Waals surface area contributed by atoms with Crippen molar-refractivity contribution in [1.82, 2.24) is 15.2 Å². The number of ether oxygens (including phenoxy) is 1. The molecule has 0 saturated carbocycles. The Labute approximate surface area is 185 Å². The molecule has 1 aromatic heterocycles. The summed E-state index contributed by atoms with van der Waals surface area (Å²) >= 11 is 1.47. The minimum absolute atomic E-state index is 0.0618. The van der Waals surface area contributed by atoms with Crippen LogP contribution in [0.5, 0.6) is 5.88 Å². The first-order valence-electron chi connectivity index (χ1n) is 10.1. The molecule has 0 spiro atoms. The minimum atomic E-state index is -0.745. The molecule has 8 heteroatoms. The first kappa shape index (κ1) is 20.8. The average molecular weight is 432 g/mol. The summed E-state index contributed by atoms with van der Waals surface area (Å²) in [7, 11) is 0. The Bertz CT molecular complexity index is 1140. The largest absolute Gasteiger partial charge is 0.447 e. The molecule has 1 amide bonds. The van der Waals surface area contributed by atoms with Crippen molar-refractivity contribution in [2.24, 2.45) is 0 Å². The lowest BCUT2D eigenvalue weighted by atomic mass is 10.1. The van der Waals surface area contributed by atoms with Crippen LogP contribution in [0.1, 0.15) is 44.0 Å². The zero-order chi connectivity index (χ0) is 21.8. The van der Waals surface area contributed by atoms with Crippen molar-refractivity contribution >= 4 is 23.4 Å². The van der Waals surface area contributed by atoms with Crippen LogP contribution in [0.4, 0.5) is 5.69 Å². The van der Waals surface area contributed by atoms with E-state index in [0.717, 1.165) is 16.9 Å². The Kier molecular flexibility index (Phi) is 6.14. The number of thioether (sulfide) groups is 1. The number of amides is 1. The Morgan fingerprint density at radius 1 is 1.16 bits per heavy atom. The average Bonchev–Trinajstić information content (AvgIpc) is 2.94. The number of benzene rings is 2. The standard InChI is InChI=1S/C23H21N5O2S/c1-3-7-19(29)28-18-9-6-5-8-17(18)20-21(25-23(27-26-20)31-4-2)30-22(28)16-12-10-15(14-24)11-13-16/h5-6,8-13,22H,3-4,7H2,1-2H3/t22-/m1/s1. The van der Waals surface area contributed by atoms with Gasteiger partial charge in [-0.3, -0.25) is 9.69 Å². The monoisotopic (exact) mass is 431 g/mol. The molecule has 7 nitrogen and oxygen atoms in total. The second kappa shape index (κ2) is 9.14. The first-order valence-corrected chi connectivity index (χ1v) is 11.1. The number of fused-ring (bicyclic) bond motifs is 3. The summed E-state index contributed by atoms with van der Waals surface area (Å²) in [5.41, 5.74) is 3.22. The molecule has 0 bridgehead atoms. The van der Waals surface area contributed by atoms with Crippen LogP contribution in [0.15, 0.2) is 53.7 Å². The van der Waals surface area contributed by atoms with E-state index in [1.165, 1.54) is 11.8 Å². The van der Waals surface area contributed by atoms with E-state index in [1.807, 2.05) is 38.1 Å². The van der Waals surface area contributed by atoms with E-state index >= 15 is 0 Å². The van der Waals surface area contributed by atoms with E-state index in [0.29, 0.717) is 40.8 Å². The van der Waals surface area contributed by atoms with E-state index in [2.05, 4.69) is 21.3 Å². The number of carbonyl (C=O) groups excluding carboxylic acids is 1. The van der Waals surface area contributed by atoms with Gasteiger partial charge >= 0.3 is 0 Å². The highest BCUT2D eigenvalue weighted by Crippen LogP contribution is 2.43. The summed E-state index contributed by atoms with van der Waals surface area (Å²) in [6.07, 6.45) is 0.335. The highest BCUT2D eigenvalue weighted by molar-refractivity contribution is 7.99. The summed E-state index contributed by atoms with van der Waals surface area (Å²) in [5, 5.41) is 18.3. The molecule has 1 atom stereocenters. The molecule has 1 aliphatic heterocycles. The summed E-state index contributed by atoms with van der Waals surface area (Å²) in [6.45, 7) is 3.98. The maximum absolute atomic E-state index is 13.3. The molecular formula is C23H21N5O2S. The molecule has 0 N–H and O–H groups in total. The summed E-state index contributed by atoms with van der Waals surface area (Å²) in [6, 6.07) is 16.7. The lowest BCUT2D eigenvalue weighted by Gasteiger charge is -2.31. The number of rotatable bonds is 5. The molecule has 2 heterocycles. The molecule has 31 heavy (non-hydrogen) atoms. The summed E-state index contributed by atoms with van der Waals surface area (Å²) in [4.78, 5) is 19.5. The van der Waals surface area contributed by atoms with Gasteiger partial charge in [-0.2, -0.15) is 10.2 Å². The van der Waals surface area contributed by atoms with Gasteiger partial charge in [0.05, 0.1) is 17.3 Å². The van der Waals surface area contributed by atoms with Crippen molar-refractivity contribution < 1.29 is 9.53 Å². The molecule has 0 aliphatic carbocycles. The number of hydrogen-bond acceptors (Lipinski definition) is 7. The van der Waals surface area contributed by atoms with Crippen LogP contribution in [0.2, 0.25) is 0 Å². The van der Waals surface area contributed by atoms with Crippen LogP contribution in [-0.4, -0.2) is 26.8 Å². The van der Waals surface area contributed by atoms with Crippen LogP contribution >= 0.6 is 11.8 Å². The van der Waals surface area contributed by atoms with Gasteiger partial charge in [0.1, 0.15) is 0 Å². The van der Waals surface area contributed by atoms with Crippen LogP contribution in [0.3, 0.4) is 0 Å². The second-order valence-electron chi connectivity index (χ2n) is 6.92. The van der Waals surface area contributed by atoms with Gasteiger partial charge in [-0.15, -0.1) is 10.2 Å². The predicted molar refractivity (Wildman–Crippen MR) is 119 cm³/mol. The number of nitriles is 1. The third-order valence-corrected chi connectivity index (χ3v) is 5.56. The number of anilines is 1. The smallest absolute Gasteiger partial charge is 0.247 e. The topological polar surface area (TPSA) is 92.0 Å². The van der Waals surface area contributed by atoms with Gasteiger partial charge in [-0.25, -0.2) is 0 Å². The normalized spacial score (nSPS) is 14.6. The van der Waals surface area contributed by atoms with Crippen LogP contribution < -0.4 is 9.64 Å². The van der Waals surface area contributed by atoms with Crippen molar-refractivity contribution in [1.29, 1.82) is 5.26 Å². The van der Waals surface area contributed by atoms with Gasteiger partial charge < -0.3 is 4.74 Å². The molecule has 1 aliphatic rings. The van der Waals surface area contributed by atoms with Crippen molar-refractivity contribution in [3.63, 3.8) is 0 Å². The van der Waals surface area contributed by atoms with E-state index in [9.17, 15) is 4.79 Å². The fourth-order valence-electron chi connectivity index (χ4n) is 3.45. The van der Waals surface area contributed by atoms with Gasteiger partial charge in [-0.05, 0) is 30.4 Å². The Balaban J connectivity index is 1.92. The highest BCUT2D eigenvalue weighted by Gasteiger charge is 2.35. The molecule has 4 rings (SSSR count). The van der Waals surface area contributed by atoms with E-state index in [1.54, 1.807) is 29.2 Å². The number of hydrogen-bond donors (Lipinski definition) is 0. The lowest BCUT2D eigenvalue weighted by molar-refractivity contribution is -0.120. The maximum atomic E-state index is 13.3. The Morgan fingerprint density at radius 3 is 2.65 bits per heavy atom. The van der Waals surface area contributed by atoms with Crippen LogP contribution in [0.25, 0.3) is 11.3 Å². The van der Waals surface area contributed by atoms with Crippen molar-refractivity contribution in [2.45, 2.75) is 38.1 Å². The summed E-state index contributed by atoms with van der Waals surface area (Å²) < 4.78 is 6.36. The first-order chi connectivity index (χ1) is 15.2. The van der Waals surface area contributed by atoms with Gasteiger partial charge in [0.25, 0.3) is 0 Å². The van der Waals surface area contributed by atoms with Crippen LogP contribution in [0, 0.1) is 11.3 Å². The zero-order valence-corrected chi connectivity index (χ0v) is 18.1. The number of nitrogens with zero attached hydrogens (tertiary/aromatic N) is 5. The van der Waals surface area contributed by atoms with E-state index in [-0.39, 0.29) is 5.91 Å². The second-order valence-corrected chi connectivity index (χ2v) is 8.15. The van der Waals surface area contributed by atoms with Crippen molar-refractivity contribution in [3.8, 4) is 23.2 Å². The third kappa shape index (κ3) is 4.09. The SMILES string of the molecule is CCCC(=O)N1c2ccccc2-c2nnc(SCC)nc2O[C@@H]1c1ccc(C#N)cc1. The van der Waals surface area contributed by atoms with E-state index in [4.69, 9.17) is 10.00 Å². The fraction of sp³-hybridized carbons (Fsp3) is 0.261. The van der Waals surface area contributed by atoms with Crippen molar-refractivity contribution in [2.75, 3.05) is 10.7 Å². The van der Waals surface area contributed by atoms with Gasteiger partial charge in [0.2, 0.25) is 23.2 Å². The summed E-state index contributed by atoms with van der Waals surface area (Å²) in [5.74, 6) is 1.07. The number of carbonyl (C=O) groups is 1. The molecule has 2 aromatic carbocycles. The predicted octanol–water partition coefficient (Wildman–Crippen LogP) is 4.75. The zero-order valence-electron chi connectivity index (χ0n) is 17.3. The van der Waals surface area contributed by atoms with Crippen molar-refractivity contribution in [3.05, 3.63) is 59.7 Å². The van der Waals surface area contributed by atoms with Gasteiger partial charge in [0, 0.05) is 17.5 Å². The van der Waals surface area contributed by atoms with Gasteiger partial charge in [-0.1, -0.05) is 55.9 Å². The molecule has 3 aromatic rings. The van der Waals surface area contributed by atoms with Crippen LogP contribution in [-0.2, 0) is 4.79 Å². The Hall–Kier alpha value is -3.44. The van der Waals surface area contributed by atoms with Gasteiger partial charge in [0.15, 0.2) is 5.69 Å².